The molecule has 0 saturated heterocycles. The number of aromatic hydroxyl groups is 1. The maximum atomic E-state index is 12.3. The van der Waals surface area contributed by atoms with Gasteiger partial charge in [-0.2, -0.15) is 0 Å². The van der Waals surface area contributed by atoms with Crippen LogP contribution < -0.4 is 4.74 Å². The Bertz CT molecular complexity index is 899. The van der Waals surface area contributed by atoms with Gasteiger partial charge in [0.2, 0.25) is 0 Å². The molecule has 0 aliphatic heterocycles. The summed E-state index contributed by atoms with van der Waals surface area (Å²) in [4.78, 5) is 17.9. The van der Waals surface area contributed by atoms with Gasteiger partial charge in [0.15, 0.2) is 5.75 Å². The number of benzene rings is 2. The van der Waals surface area contributed by atoms with E-state index in [9.17, 15) is 4.79 Å². The van der Waals surface area contributed by atoms with Gasteiger partial charge in [0.05, 0.1) is 16.6 Å². The third-order valence-corrected chi connectivity index (χ3v) is 4.60. The van der Waals surface area contributed by atoms with Crippen molar-refractivity contribution < 1.29 is 14.6 Å². The summed E-state index contributed by atoms with van der Waals surface area (Å²) in [5.74, 6) is 0.687. The SMILES string of the molecule is CCCN(CCOc1c(Cl)cc(Cl)cc1Cl)C(=O)n1ccnc1.Oc1ccccc1. The van der Waals surface area contributed by atoms with E-state index in [4.69, 9.17) is 44.6 Å². The number of amides is 1. The molecule has 3 aromatic rings. The number of phenolic OH excluding ortho intramolecular Hbond substituents is 1. The molecule has 0 aliphatic carbocycles. The summed E-state index contributed by atoms with van der Waals surface area (Å²) in [5.41, 5.74) is 0. The lowest BCUT2D eigenvalue weighted by Gasteiger charge is -2.22. The van der Waals surface area contributed by atoms with Gasteiger partial charge in [-0.25, -0.2) is 9.78 Å². The fraction of sp³-hybridized carbons (Fsp3) is 0.238. The number of hydrogen-bond acceptors (Lipinski definition) is 4. The molecule has 160 valence electrons. The summed E-state index contributed by atoms with van der Waals surface area (Å²) in [7, 11) is 0. The third kappa shape index (κ3) is 7.44. The molecular weight excluding hydrogens is 449 g/mol. The molecule has 0 bridgehead atoms. The van der Waals surface area contributed by atoms with E-state index in [1.165, 1.54) is 10.9 Å². The molecule has 1 aromatic heterocycles. The molecule has 0 unspecified atom stereocenters. The van der Waals surface area contributed by atoms with E-state index in [0.717, 1.165) is 6.42 Å². The van der Waals surface area contributed by atoms with Crippen molar-refractivity contribution in [3.8, 4) is 11.5 Å². The largest absolute Gasteiger partial charge is 0.508 e. The van der Waals surface area contributed by atoms with Crippen molar-refractivity contribution in [2.24, 2.45) is 0 Å². The summed E-state index contributed by atoms with van der Waals surface area (Å²) < 4.78 is 7.05. The van der Waals surface area contributed by atoms with Gasteiger partial charge in [0.1, 0.15) is 18.7 Å². The van der Waals surface area contributed by atoms with Gasteiger partial charge < -0.3 is 14.7 Å². The maximum absolute atomic E-state index is 12.3. The smallest absolute Gasteiger partial charge is 0.329 e. The average molecular weight is 471 g/mol. The first-order valence-corrected chi connectivity index (χ1v) is 10.3. The topological polar surface area (TPSA) is 67.6 Å². The van der Waals surface area contributed by atoms with Gasteiger partial charge in [-0.1, -0.05) is 59.9 Å². The predicted molar refractivity (Wildman–Crippen MR) is 120 cm³/mol. The maximum Gasteiger partial charge on any atom is 0.329 e. The highest BCUT2D eigenvalue weighted by atomic mass is 35.5. The average Bonchev–Trinajstić information content (AvgIpc) is 3.24. The van der Waals surface area contributed by atoms with Crippen LogP contribution in [0.15, 0.2) is 61.2 Å². The Labute approximate surface area is 190 Å². The zero-order chi connectivity index (χ0) is 21.9. The Kier molecular flexibility index (Phi) is 9.80. The number of aromatic nitrogens is 2. The van der Waals surface area contributed by atoms with E-state index < -0.39 is 0 Å². The van der Waals surface area contributed by atoms with E-state index in [2.05, 4.69) is 4.98 Å². The molecule has 3 rings (SSSR count). The lowest BCUT2D eigenvalue weighted by molar-refractivity contribution is 0.184. The summed E-state index contributed by atoms with van der Waals surface area (Å²) in [6.45, 7) is 3.28. The first kappa shape index (κ1) is 23.9. The molecule has 1 amide bonds. The number of rotatable bonds is 6. The zero-order valence-electron chi connectivity index (χ0n) is 16.3. The van der Waals surface area contributed by atoms with Gasteiger partial charge in [-0.15, -0.1) is 0 Å². The second-order valence-corrected chi connectivity index (χ2v) is 7.37. The third-order valence-electron chi connectivity index (χ3n) is 3.82. The summed E-state index contributed by atoms with van der Waals surface area (Å²) >= 11 is 18.0. The van der Waals surface area contributed by atoms with Crippen LogP contribution in [-0.4, -0.2) is 45.3 Å². The van der Waals surface area contributed by atoms with Gasteiger partial charge in [-0.05, 0) is 30.7 Å². The second kappa shape index (κ2) is 12.3. The molecule has 9 heteroatoms. The fourth-order valence-electron chi connectivity index (χ4n) is 2.46. The Balaban J connectivity index is 0.000000386. The molecule has 6 nitrogen and oxygen atoms in total. The number of para-hydroxylation sites is 1. The molecular formula is C21H22Cl3N3O3. The van der Waals surface area contributed by atoms with Crippen LogP contribution >= 0.6 is 34.8 Å². The number of carbonyl (C=O) groups is 1. The zero-order valence-corrected chi connectivity index (χ0v) is 18.6. The molecule has 0 fully saturated rings. The molecule has 0 radical (unpaired) electrons. The van der Waals surface area contributed by atoms with Crippen LogP contribution in [0.25, 0.3) is 0 Å². The van der Waals surface area contributed by atoms with Crippen molar-refractivity contribution in [2.45, 2.75) is 13.3 Å². The Morgan fingerprint density at radius 1 is 1.13 bits per heavy atom. The first-order chi connectivity index (χ1) is 14.4. The number of imidazole rings is 1. The number of phenols is 1. The Hall–Kier alpha value is -2.41. The van der Waals surface area contributed by atoms with Crippen molar-refractivity contribution in [2.75, 3.05) is 19.7 Å². The number of carbonyl (C=O) groups excluding carboxylic acids is 1. The molecule has 0 saturated carbocycles. The minimum Gasteiger partial charge on any atom is -0.508 e. The lowest BCUT2D eigenvalue weighted by Crippen LogP contribution is -2.37. The van der Waals surface area contributed by atoms with Crippen LogP contribution in [0.1, 0.15) is 13.3 Å². The quantitative estimate of drug-likeness (QED) is 0.480. The van der Waals surface area contributed by atoms with Crippen LogP contribution in [0.2, 0.25) is 15.1 Å². The van der Waals surface area contributed by atoms with Crippen LogP contribution in [0, 0.1) is 0 Å². The van der Waals surface area contributed by atoms with Crippen molar-refractivity contribution in [3.05, 3.63) is 76.3 Å². The van der Waals surface area contributed by atoms with Crippen molar-refractivity contribution >= 4 is 40.8 Å². The Morgan fingerprint density at radius 2 is 1.80 bits per heavy atom. The van der Waals surface area contributed by atoms with Crippen molar-refractivity contribution in [3.63, 3.8) is 0 Å². The minimum atomic E-state index is -0.152. The highest BCUT2D eigenvalue weighted by molar-refractivity contribution is 6.40. The van der Waals surface area contributed by atoms with Crippen molar-refractivity contribution in [1.29, 1.82) is 0 Å². The number of ether oxygens (including phenoxy) is 1. The summed E-state index contributed by atoms with van der Waals surface area (Å²) in [5, 5.41) is 9.75. The van der Waals surface area contributed by atoms with E-state index in [-0.39, 0.29) is 12.6 Å². The molecule has 1 N–H and O–H groups in total. The van der Waals surface area contributed by atoms with E-state index in [1.54, 1.807) is 53.7 Å². The molecule has 1 heterocycles. The van der Waals surface area contributed by atoms with Crippen LogP contribution in [0.4, 0.5) is 4.79 Å². The molecule has 30 heavy (non-hydrogen) atoms. The number of halogens is 3. The van der Waals surface area contributed by atoms with Gasteiger partial charge >= 0.3 is 6.03 Å². The second-order valence-electron chi connectivity index (χ2n) is 6.12. The standard InChI is InChI=1S/C15H16Cl3N3O2.C6H6O/c1-2-4-20(15(22)21-5-3-19-10-21)6-7-23-14-12(17)8-11(16)9-13(14)18;7-6-4-2-1-3-5-6/h3,5,8-10H,2,4,6-7H2,1H3;1-5,7H. The van der Waals surface area contributed by atoms with E-state index in [1.807, 2.05) is 13.0 Å². The fourth-order valence-corrected chi connectivity index (χ4v) is 3.39. The highest BCUT2D eigenvalue weighted by Gasteiger charge is 2.15. The molecule has 2 aromatic carbocycles. The Morgan fingerprint density at radius 3 is 2.30 bits per heavy atom. The molecule has 0 spiro atoms. The van der Waals surface area contributed by atoms with Crippen LogP contribution in [0.5, 0.6) is 11.5 Å². The molecule has 0 atom stereocenters. The minimum absolute atomic E-state index is 0.152. The molecule has 0 aliphatic rings. The van der Waals surface area contributed by atoms with Gasteiger partial charge in [0, 0.05) is 24.0 Å². The summed E-state index contributed by atoms with van der Waals surface area (Å²) in [6.07, 6.45) is 5.48. The van der Waals surface area contributed by atoms with E-state index >= 15 is 0 Å². The lowest BCUT2D eigenvalue weighted by atomic mass is 10.3. The van der Waals surface area contributed by atoms with Crippen molar-refractivity contribution in [1.82, 2.24) is 14.5 Å². The number of nitrogens with zero attached hydrogens (tertiary/aromatic N) is 3. The van der Waals surface area contributed by atoms with Gasteiger partial charge in [0.25, 0.3) is 0 Å². The highest BCUT2D eigenvalue weighted by Crippen LogP contribution is 2.35. The van der Waals surface area contributed by atoms with Crippen LogP contribution in [0.3, 0.4) is 0 Å². The number of hydrogen-bond donors (Lipinski definition) is 1. The normalized spacial score (nSPS) is 10.1. The first-order valence-electron chi connectivity index (χ1n) is 9.21. The summed E-state index contributed by atoms with van der Waals surface area (Å²) in [6, 6.07) is 11.7. The predicted octanol–water partition coefficient (Wildman–Crippen LogP) is 5.99. The van der Waals surface area contributed by atoms with Gasteiger partial charge in [-0.3, -0.25) is 4.57 Å². The monoisotopic (exact) mass is 469 g/mol. The van der Waals surface area contributed by atoms with E-state index in [0.29, 0.717) is 39.7 Å². The van der Waals surface area contributed by atoms with Crippen LogP contribution in [-0.2, 0) is 0 Å².